The topological polar surface area (TPSA) is 34.9 Å². The van der Waals surface area contributed by atoms with E-state index in [4.69, 9.17) is 0 Å². The Morgan fingerprint density at radius 1 is 1.73 bits per heavy atom. The Labute approximate surface area is 65.3 Å². The number of nitrogens with zero attached hydrogens (tertiary/aromatic N) is 2. The zero-order chi connectivity index (χ0) is 8.10. The van der Waals surface area contributed by atoms with Crippen molar-refractivity contribution in [2.45, 2.75) is 13.5 Å². The average Bonchev–Trinajstić information content (AvgIpc) is 2.39. The van der Waals surface area contributed by atoms with E-state index in [1.165, 1.54) is 6.92 Å². The van der Waals surface area contributed by atoms with E-state index in [-0.39, 0.29) is 5.78 Å². The first-order chi connectivity index (χ1) is 5.29. The van der Waals surface area contributed by atoms with Crippen molar-refractivity contribution in [2.24, 2.45) is 0 Å². The van der Waals surface area contributed by atoms with Crippen molar-refractivity contribution in [1.29, 1.82) is 0 Å². The molecule has 58 valence electrons. The van der Waals surface area contributed by atoms with Gasteiger partial charge in [-0.15, -0.1) is 0 Å². The average molecular weight is 150 g/mol. The number of ketones is 1. The summed E-state index contributed by atoms with van der Waals surface area (Å²) in [6.07, 6.45) is 6.89. The number of allylic oxidation sites excluding steroid dienone is 2. The van der Waals surface area contributed by atoms with Gasteiger partial charge in [-0.05, 0) is 19.1 Å². The lowest BCUT2D eigenvalue weighted by atomic mass is 10.4. The first kappa shape index (κ1) is 7.72. The fourth-order valence-corrected chi connectivity index (χ4v) is 0.735. The van der Waals surface area contributed by atoms with Crippen molar-refractivity contribution >= 4 is 5.78 Å². The number of aromatic nitrogens is 2. The third kappa shape index (κ3) is 2.80. The molecule has 11 heavy (non-hydrogen) atoms. The van der Waals surface area contributed by atoms with Gasteiger partial charge < -0.3 is 0 Å². The minimum Gasteiger partial charge on any atom is -0.295 e. The predicted octanol–water partition coefficient (Wildman–Crippen LogP) is 1.03. The van der Waals surface area contributed by atoms with Crippen molar-refractivity contribution in [3.8, 4) is 0 Å². The minimum atomic E-state index is 0.0668. The Morgan fingerprint density at radius 3 is 3.09 bits per heavy atom. The summed E-state index contributed by atoms with van der Waals surface area (Å²) in [5.74, 6) is 0.0668. The van der Waals surface area contributed by atoms with Gasteiger partial charge in [0, 0.05) is 12.4 Å². The van der Waals surface area contributed by atoms with Crippen molar-refractivity contribution in [3.63, 3.8) is 0 Å². The third-order valence-corrected chi connectivity index (χ3v) is 1.20. The highest BCUT2D eigenvalue weighted by atomic mass is 16.1. The van der Waals surface area contributed by atoms with Crippen LogP contribution >= 0.6 is 0 Å². The Balaban J connectivity index is 2.40. The molecule has 3 nitrogen and oxygen atoms in total. The van der Waals surface area contributed by atoms with Crippen LogP contribution in [0.2, 0.25) is 0 Å². The number of rotatable bonds is 3. The lowest BCUT2D eigenvalue weighted by Crippen LogP contribution is -1.95. The summed E-state index contributed by atoms with van der Waals surface area (Å²) in [5.41, 5.74) is 0. The summed E-state index contributed by atoms with van der Waals surface area (Å²) >= 11 is 0. The van der Waals surface area contributed by atoms with Crippen molar-refractivity contribution in [3.05, 3.63) is 30.6 Å². The number of carbonyl (C=O) groups excluding carboxylic acids is 1. The molecule has 0 spiro atoms. The van der Waals surface area contributed by atoms with Crippen molar-refractivity contribution in [2.75, 3.05) is 0 Å². The Hall–Kier alpha value is -1.38. The molecule has 0 N–H and O–H groups in total. The SMILES string of the molecule is CC(=O)/C=C/Cn1cccn1. The molecule has 0 amide bonds. The maximum Gasteiger partial charge on any atom is 0.152 e. The van der Waals surface area contributed by atoms with E-state index < -0.39 is 0 Å². The van der Waals surface area contributed by atoms with Crippen LogP contribution in [0.1, 0.15) is 6.92 Å². The molecule has 0 aliphatic heterocycles. The summed E-state index contributed by atoms with van der Waals surface area (Å²) in [4.78, 5) is 10.5. The van der Waals surface area contributed by atoms with Gasteiger partial charge in [-0.3, -0.25) is 9.48 Å². The van der Waals surface area contributed by atoms with Gasteiger partial charge in [0.1, 0.15) is 0 Å². The summed E-state index contributed by atoms with van der Waals surface area (Å²) < 4.78 is 1.75. The zero-order valence-electron chi connectivity index (χ0n) is 6.40. The molecule has 1 heterocycles. The zero-order valence-corrected chi connectivity index (χ0v) is 6.40. The second kappa shape index (κ2) is 3.71. The van der Waals surface area contributed by atoms with Crippen LogP contribution in [0, 0.1) is 0 Å². The van der Waals surface area contributed by atoms with E-state index in [0.29, 0.717) is 6.54 Å². The first-order valence-corrected chi connectivity index (χ1v) is 3.43. The standard InChI is InChI=1S/C8H10N2O/c1-8(11)4-2-6-10-7-3-5-9-10/h2-5,7H,6H2,1H3/b4-2+. The molecule has 0 fully saturated rings. The van der Waals surface area contributed by atoms with E-state index in [2.05, 4.69) is 5.10 Å². The van der Waals surface area contributed by atoms with Gasteiger partial charge in [0.15, 0.2) is 5.78 Å². The van der Waals surface area contributed by atoms with E-state index in [1.807, 2.05) is 12.3 Å². The number of carbonyl (C=O) groups is 1. The molecule has 0 radical (unpaired) electrons. The van der Waals surface area contributed by atoms with Gasteiger partial charge in [-0.2, -0.15) is 5.10 Å². The quantitative estimate of drug-likeness (QED) is 0.603. The fourth-order valence-electron chi connectivity index (χ4n) is 0.735. The number of hydrogen-bond donors (Lipinski definition) is 0. The van der Waals surface area contributed by atoms with E-state index in [0.717, 1.165) is 0 Å². The largest absolute Gasteiger partial charge is 0.295 e. The van der Waals surface area contributed by atoms with E-state index in [1.54, 1.807) is 23.0 Å². The smallest absolute Gasteiger partial charge is 0.152 e. The maximum absolute atomic E-state index is 10.5. The molecule has 0 atom stereocenters. The lowest BCUT2D eigenvalue weighted by Gasteiger charge is -1.91. The molecule has 1 aromatic heterocycles. The van der Waals surface area contributed by atoms with Crippen molar-refractivity contribution < 1.29 is 4.79 Å². The van der Waals surface area contributed by atoms with Crippen LogP contribution in [0.3, 0.4) is 0 Å². The van der Waals surface area contributed by atoms with Crippen LogP contribution in [-0.4, -0.2) is 15.6 Å². The molecule has 1 rings (SSSR count). The molecule has 0 unspecified atom stereocenters. The Morgan fingerprint density at radius 2 is 2.55 bits per heavy atom. The van der Waals surface area contributed by atoms with Gasteiger partial charge in [-0.25, -0.2) is 0 Å². The summed E-state index contributed by atoms with van der Waals surface area (Å²) in [6.45, 7) is 2.19. The fraction of sp³-hybridized carbons (Fsp3) is 0.250. The van der Waals surface area contributed by atoms with Gasteiger partial charge in [0.25, 0.3) is 0 Å². The molecule has 0 aliphatic rings. The highest BCUT2D eigenvalue weighted by Gasteiger charge is 1.84. The second-order valence-electron chi connectivity index (χ2n) is 2.24. The van der Waals surface area contributed by atoms with Gasteiger partial charge in [0.05, 0.1) is 6.54 Å². The van der Waals surface area contributed by atoms with Crippen LogP contribution < -0.4 is 0 Å². The molecule has 0 bridgehead atoms. The third-order valence-electron chi connectivity index (χ3n) is 1.20. The maximum atomic E-state index is 10.5. The molecule has 0 aliphatic carbocycles. The molecule has 0 aromatic carbocycles. The van der Waals surface area contributed by atoms with Gasteiger partial charge >= 0.3 is 0 Å². The molecule has 0 saturated carbocycles. The molecule has 3 heteroatoms. The summed E-state index contributed by atoms with van der Waals surface area (Å²) in [7, 11) is 0. The van der Waals surface area contributed by atoms with Crippen LogP contribution in [-0.2, 0) is 11.3 Å². The van der Waals surface area contributed by atoms with Gasteiger partial charge in [-0.1, -0.05) is 6.08 Å². The van der Waals surface area contributed by atoms with Gasteiger partial charge in [0.2, 0.25) is 0 Å². The monoisotopic (exact) mass is 150 g/mol. The summed E-state index contributed by atoms with van der Waals surface area (Å²) in [5, 5.41) is 3.97. The summed E-state index contributed by atoms with van der Waals surface area (Å²) in [6, 6.07) is 1.85. The number of hydrogen-bond acceptors (Lipinski definition) is 2. The minimum absolute atomic E-state index is 0.0668. The normalized spacial score (nSPS) is 10.6. The predicted molar refractivity (Wildman–Crippen MR) is 42.0 cm³/mol. The highest BCUT2D eigenvalue weighted by Crippen LogP contribution is 1.85. The highest BCUT2D eigenvalue weighted by molar-refractivity contribution is 5.87. The van der Waals surface area contributed by atoms with Crippen LogP contribution in [0.25, 0.3) is 0 Å². The molecule has 1 aromatic rings. The Bertz CT molecular complexity index is 249. The van der Waals surface area contributed by atoms with Crippen LogP contribution in [0.4, 0.5) is 0 Å². The first-order valence-electron chi connectivity index (χ1n) is 3.43. The van der Waals surface area contributed by atoms with Crippen LogP contribution in [0.15, 0.2) is 30.6 Å². The lowest BCUT2D eigenvalue weighted by molar-refractivity contribution is -0.112. The molecular weight excluding hydrogens is 140 g/mol. The van der Waals surface area contributed by atoms with E-state index >= 15 is 0 Å². The van der Waals surface area contributed by atoms with Crippen LogP contribution in [0.5, 0.6) is 0 Å². The van der Waals surface area contributed by atoms with E-state index in [9.17, 15) is 4.79 Å². The molecule has 0 saturated heterocycles. The Kier molecular flexibility index (Phi) is 2.60. The molecular formula is C8H10N2O. The second-order valence-corrected chi connectivity index (χ2v) is 2.24. The van der Waals surface area contributed by atoms with Crippen molar-refractivity contribution in [1.82, 2.24) is 9.78 Å².